The SMILES string of the molecule is Cc1ccc2c(c1)nc(N)n2C(C)c1cccc(F)c1. The molecule has 0 saturated heterocycles. The van der Waals surface area contributed by atoms with Gasteiger partial charge in [-0.1, -0.05) is 18.2 Å². The summed E-state index contributed by atoms with van der Waals surface area (Å²) in [4.78, 5) is 4.39. The van der Waals surface area contributed by atoms with Crippen molar-refractivity contribution in [2.75, 3.05) is 5.73 Å². The fourth-order valence-corrected chi connectivity index (χ4v) is 2.55. The van der Waals surface area contributed by atoms with Crippen LogP contribution in [0.15, 0.2) is 42.5 Å². The molecule has 0 aliphatic carbocycles. The van der Waals surface area contributed by atoms with E-state index in [4.69, 9.17) is 5.73 Å². The van der Waals surface area contributed by atoms with Crippen molar-refractivity contribution in [1.29, 1.82) is 0 Å². The van der Waals surface area contributed by atoms with Crippen molar-refractivity contribution in [1.82, 2.24) is 9.55 Å². The zero-order chi connectivity index (χ0) is 14.3. The van der Waals surface area contributed by atoms with Gasteiger partial charge in [0.05, 0.1) is 17.1 Å². The number of nitrogens with two attached hydrogens (primary N) is 1. The summed E-state index contributed by atoms with van der Waals surface area (Å²) in [5, 5.41) is 0. The normalized spacial score (nSPS) is 12.8. The zero-order valence-electron chi connectivity index (χ0n) is 11.5. The third kappa shape index (κ3) is 2.03. The molecular weight excluding hydrogens is 253 g/mol. The summed E-state index contributed by atoms with van der Waals surface area (Å²) in [5.41, 5.74) is 9.88. The van der Waals surface area contributed by atoms with E-state index >= 15 is 0 Å². The third-order valence-electron chi connectivity index (χ3n) is 3.59. The molecule has 3 aromatic rings. The molecule has 0 spiro atoms. The average Bonchev–Trinajstić information content (AvgIpc) is 2.73. The summed E-state index contributed by atoms with van der Waals surface area (Å²) < 4.78 is 15.3. The zero-order valence-corrected chi connectivity index (χ0v) is 11.5. The van der Waals surface area contributed by atoms with E-state index in [1.807, 2.05) is 42.7 Å². The third-order valence-corrected chi connectivity index (χ3v) is 3.59. The molecule has 1 unspecified atom stereocenters. The van der Waals surface area contributed by atoms with Crippen molar-refractivity contribution in [2.45, 2.75) is 19.9 Å². The van der Waals surface area contributed by atoms with Gasteiger partial charge in [-0.3, -0.25) is 0 Å². The number of benzene rings is 2. The topological polar surface area (TPSA) is 43.8 Å². The van der Waals surface area contributed by atoms with Gasteiger partial charge in [0, 0.05) is 0 Å². The Labute approximate surface area is 116 Å². The summed E-state index contributed by atoms with van der Waals surface area (Å²) >= 11 is 0. The minimum Gasteiger partial charge on any atom is -0.369 e. The summed E-state index contributed by atoms with van der Waals surface area (Å²) in [7, 11) is 0. The van der Waals surface area contributed by atoms with E-state index in [2.05, 4.69) is 4.98 Å². The first kappa shape index (κ1) is 12.7. The van der Waals surface area contributed by atoms with Gasteiger partial charge in [0.1, 0.15) is 5.82 Å². The Kier molecular flexibility index (Phi) is 2.93. The standard InChI is InChI=1S/C16H16FN3/c1-10-6-7-15-14(8-10)19-16(18)20(15)11(2)12-4-3-5-13(17)9-12/h3-9,11H,1-2H3,(H2,18,19). The van der Waals surface area contributed by atoms with E-state index in [1.54, 1.807) is 6.07 Å². The molecule has 0 aliphatic rings. The fraction of sp³-hybridized carbons (Fsp3) is 0.188. The molecule has 0 amide bonds. The van der Waals surface area contributed by atoms with Crippen LogP contribution in [0.25, 0.3) is 11.0 Å². The largest absolute Gasteiger partial charge is 0.369 e. The smallest absolute Gasteiger partial charge is 0.201 e. The summed E-state index contributed by atoms with van der Waals surface area (Å²) in [6, 6.07) is 12.5. The first-order valence-corrected chi connectivity index (χ1v) is 6.56. The Morgan fingerprint density at radius 2 is 2.00 bits per heavy atom. The summed E-state index contributed by atoms with van der Waals surface area (Å²) in [6.45, 7) is 4.01. The molecule has 3 nitrogen and oxygen atoms in total. The molecule has 0 saturated carbocycles. The Hall–Kier alpha value is -2.36. The Morgan fingerprint density at radius 3 is 2.75 bits per heavy atom. The van der Waals surface area contributed by atoms with Crippen molar-refractivity contribution in [3.05, 3.63) is 59.4 Å². The second-order valence-corrected chi connectivity index (χ2v) is 5.06. The predicted molar refractivity (Wildman–Crippen MR) is 79.1 cm³/mol. The van der Waals surface area contributed by atoms with Crippen molar-refractivity contribution in [3.63, 3.8) is 0 Å². The highest BCUT2D eigenvalue weighted by molar-refractivity contribution is 5.79. The second kappa shape index (κ2) is 4.63. The lowest BCUT2D eigenvalue weighted by Gasteiger charge is -2.16. The van der Waals surface area contributed by atoms with E-state index in [0.717, 1.165) is 22.2 Å². The fourth-order valence-electron chi connectivity index (χ4n) is 2.55. The lowest BCUT2D eigenvalue weighted by molar-refractivity contribution is 0.612. The maximum Gasteiger partial charge on any atom is 0.201 e. The molecule has 2 N–H and O–H groups in total. The van der Waals surface area contributed by atoms with Crippen molar-refractivity contribution in [2.24, 2.45) is 0 Å². The van der Waals surface area contributed by atoms with Crippen molar-refractivity contribution >= 4 is 17.0 Å². The molecule has 20 heavy (non-hydrogen) atoms. The van der Waals surface area contributed by atoms with E-state index < -0.39 is 0 Å². The quantitative estimate of drug-likeness (QED) is 0.771. The van der Waals surface area contributed by atoms with E-state index in [9.17, 15) is 4.39 Å². The lowest BCUT2D eigenvalue weighted by atomic mass is 10.1. The number of fused-ring (bicyclic) bond motifs is 1. The average molecular weight is 269 g/mol. The highest BCUT2D eigenvalue weighted by atomic mass is 19.1. The van der Waals surface area contributed by atoms with Gasteiger partial charge in [-0.15, -0.1) is 0 Å². The van der Waals surface area contributed by atoms with Gasteiger partial charge >= 0.3 is 0 Å². The first-order chi connectivity index (χ1) is 9.56. The highest BCUT2D eigenvalue weighted by Gasteiger charge is 2.16. The number of imidazole rings is 1. The van der Waals surface area contributed by atoms with Gasteiger partial charge in [-0.05, 0) is 49.2 Å². The molecule has 4 heteroatoms. The van der Waals surface area contributed by atoms with E-state index in [-0.39, 0.29) is 11.9 Å². The lowest BCUT2D eigenvalue weighted by Crippen LogP contribution is -2.10. The second-order valence-electron chi connectivity index (χ2n) is 5.06. The van der Waals surface area contributed by atoms with Crippen LogP contribution < -0.4 is 5.73 Å². The molecule has 0 aliphatic heterocycles. The predicted octanol–water partition coefficient (Wildman–Crippen LogP) is 3.68. The number of aryl methyl sites for hydroxylation is 1. The monoisotopic (exact) mass is 269 g/mol. The maximum absolute atomic E-state index is 13.4. The number of hydrogen-bond donors (Lipinski definition) is 1. The van der Waals surface area contributed by atoms with Crippen LogP contribution in [0.4, 0.5) is 10.3 Å². The van der Waals surface area contributed by atoms with Gasteiger partial charge in [-0.2, -0.15) is 0 Å². The van der Waals surface area contributed by atoms with Crippen LogP contribution in [-0.4, -0.2) is 9.55 Å². The number of nitrogens with zero attached hydrogens (tertiary/aromatic N) is 2. The maximum atomic E-state index is 13.4. The van der Waals surface area contributed by atoms with Crippen LogP contribution in [0, 0.1) is 12.7 Å². The summed E-state index contributed by atoms with van der Waals surface area (Å²) in [6.07, 6.45) is 0. The molecule has 0 bridgehead atoms. The minimum atomic E-state index is -0.242. The number of rotatable bonds is 2. The molecule has 1 atom stereocenters. The molecular formula is C16H16FN3. The van der Waals surface area contributed by atoms with Crippen LogP contribution in [0.2, 0.25) is 0 Å². The van der Waals surface area contributed by atoms with E-state index in [1.165, 1.54) is 12.1 Å². The Bertz CT molecular complexity index is 776. The van der Waals surface area contributed by atoms with Crippen LogP contribution in [0.5, 0.6) is 0 Å². The molecule has 1 aromatic heterocycles. The highest BCUT2D eigenvalue weighted by Crippen LogP contribution is 2.27. The van der Waals surface area contributed by atoms with Crippen molar-refractivity contribution in [3.8, 4) is 0 Å². The minimum absolute atomic E-state index is 0.0709. The van der Waals surface area contributed by atoms with Crippen LogP contribution >= 0.6 is 0 Å². The molecule has 2 aromatic carbocycles. The van der Waals surface area contributed by atoms with Gasteiger partial charge in [-0.25, -0.2) is 9.37 Å². The molecule has 102 valence electrons. The van der Waals surface area contributed by atoms with Crippen LogP contribution in [0.3, 0.4) is 0 Å². The number of anilines is 1. The van der Waals surface area contributed by atoms with Gasteiger partial charge in [0.2, 0.25) is 5.95 Å². The molecule has 0 radical (unpaired) electrons. The van der Waals surface area contributed by atoms with Gasteiger partial charge in [0.15, 0.2) is 0 Å². The first-order valence-electron chi connectivity index (χ1n) is 6.56. The number of nitrogen functional groups attached to an aromatic ring is 1. The Balaban J connectivity index is 2.16. The summed E-state index contributed by atoms with van der Waals surface area (Å²) in [5.74, 6) is 0.204. The number of halogens is 1. The molecule has 1 heterocycles. The van der Waals surface area contributed by atoms with Crippen LogP contribution in [0.1, 0.15) is 24.1 Å². The molecule has 0 fully saturated rings. The van der Waals surface area contributed by atoms with E-state index in [0.29, 0.717) is 5.95 Å². The van der Waals surface area contributed by atoms with Crippen molar-refractivity contribution < 1.29 is 4.39 Å². The number of hydrogen-bond acceptors (Lipinski definition) is 2. The Morgan fingerprint density at radius 1 is 1.20 bits per heavy atom. The number of aromatic nitrogens is 2. The molecule has 3 rings (SSSR count). The van der Waals surface area contributed by atoms with Crippen LogP contribution in [-0.2, 0) is 0 Å². The van der Waals surface area contributed by atoms with Gasteiger partial charge in [0.25, 0.3) is 0 Å². The van der Waals surface area contributed by atoms with Gasteiger partial charge < -0.3 is 10.3 Å².